The van der Waals surface area contributed by atoms with Crippen LogP contribution in [0.2, 0.25) is 0 Å². The van der Waals surface area contributed by atoms with Crippen molar-refractivity contribution in [1.82, 2.24) is 5.32 Å². The van der Waals surface area contributed by atoms with Crippen molar-refractivity contribution in [3.05, 3.63) is 47.4 Å². The van der Waals surface area contributed by atoms with Gasteiger partial charge in [-0.25, -0.2) is 0 Å². The Morgan fingerprint density at radius 2 is 2.04 bits per heavy atom. The molecule has 128 valence electrons. The van der Waals surface area contributed by atoms with Crippen LogP contribution < -0.4 is 26.3 Å². The Morgan fingerprint density at radius 3 is 2.61 bits per heavy atom. The normalized spacial score (nSPS) is 13.6. The molecule has 6 nitrogen and oxygen atoms in total. The van der Waals surface area contributed by atoms with Crippen LogP contribution in [0.4, 0.5) is 0 Å². The lowest BCUT2D eigenvalue weighted by molar-refractivity contribution is -0.276. The Labute approximate surface area is 138 Å². The lowest BCUT2D eigenvalue weighted by Gasteiger charge is -2.14. The van der Waals surface area contributed by atoms with Gasteiger partial charge in [-0.05, 0) is 18.2 Å². The average Bonchev–Trinajstić information content (AvgIpc) is 2.57. The number of rotatable bonds is 9. The summed E-state index contributed by atoms with van der Waals surface area (Å²) >= 11 is 0. The molecule has 0 heterocycles. The van der Waals surface area contributed by atoms with Crippen molar-refractivity contribution < 1.29 is 19.9 Å². The van der Waals surface area contributed by atoms with Crippen LogP contribution in [-0.4, -0.2) is 27.9 Å². The average molecular weight is 322 g/mol. The molecule has 0 aromatic heterocycles. The van der Waals surface area contributed by atoms with E-state index in [1.807, 2.05) is 24.3 Å². The van der Waals surface area contributed by atoms with E-state index >= 15 is 0 Å². The van der Waals surface area contributed by atoms with Gasteiger partial charge in [-0.3, -0.25) is 0 Å². The zero-order valence-corrected chi connectivity index (χ0v) is 14.4. The molecular formula is C17H28N3O3+. The van der Waals surface area contributed by atoms with Gasteiger partial charge in [-0.2, -0.15) is 0 Å². The van der Waals surface area contributed by atoms with Gasteiger partial charge in [0, 0.05) is 36.8 Å². The summed E-state index contributed by atoms with van der Waals surface area (Å²) in [5.74, 6) is 2.31. The molecule has 0 spiro atoms. The zero-order valence-electron chi connectivity index (χ0n) is 14.4. The van der Waals surface area contributed by atoms with Crippen LogP contribution in [0.15, 0.2) is 41.9 Å². The molecule has 6 heteroatoms. The first-order valence-corrected chi connectivity index (χ1v) is 7.45. The number of hydrogen-bond donors (Lipinski definition) is 3. The third-order valence-electron chi connectivity index (χ3n) is 3.52. The number of nitrogens with one attached hydrogen (secondary N) is 1. The Balaban J connectivity index is 2.75. The molecule has 0 amide bonds. The third kappa shape index (κ3) is 5.84. The van der Waals surface area contributed by atoms with Crippen molar-refractivity contribution in [3.63, 3.8) is 0 Å². The van der Waals surface area contributed by atoms with Crippen LogP contribution in [0, 0.1) is 5.92 Å². The highest BCUT2D eigenvalue weighted by atomic mass is 16.5. The molecule has 0 aliphatic carbocycles. The van der Waals surface area contributed by atoms with Crippen molar-refractivity contribution in [3.8, 4) is 11.5 Å². The highest BCUT2D eigenvalue weighted by Crippen LogP contribution is 2.24. The fraction of sp³-hybridized carbons (Fsp3) is 0.412. The van der Waals surface area contributed by atoms with Crippen LogP contribution in [0.1, 0.15) is 12.5 Å². The minimum absolute atomic E-state index is 0.230. The molecule has 1 unspecified atom stereocenters. The molecule has 1 rings (SSSR count). The Hall–Kier alpha value is -2.18. The topological polar surface area (TPSA) is 93.4 Å². The fourth-order valence-corrected chi connectivity index (χ4v) is 2.17. The number of methoxy groups -OCH3 is 3. The predicted octanol–water partition coefficient (Wildman–Crippen LogP) is 1.00. The highest BCUT2D eigenvalue weighted by molar-refractivity contribution is 5.41. The lowest BCUT2D eigenvalue weighted by Crippen LogP contribution is -2.41. The minimum Gasteiger partial charge on any atom is -0.497 e. The van der Waals surface area contributed by atoms with Crippen LogP contribution in [0.25, 0.3) is 0 Å². The highest BCUT2D eigenvalue weighted by Gasteiger charge is 2.09. The van der Waals surface area contributed by atoms with Gasteiger partial charge >= 0.3 is 0 Å². The standard InChI is InChI=1S/C17H27N3O3/c1-12(11-21-2)14(9-18)7-17(19)20-10-13-5-6-15(22-3)8-16(13)23-4/h5-9,12,20H,10-11,18-19H2,1-4H3/p+1/b14-9+,17-7+. The van der Waals surface area contributed by atoms with E-state index in [1.54, 1.807) is 27.5 Å². The van der Waals surface area contributed by atoms with Gasteiger partial charge in [0.15, 0.2) is 0 Å². The van der Waals surface area contributed by atoms with E-state index in [2.05, 4.69) is 18.0 Å². The molecule has 23 heavy (non-hydrogen) atoms. The number of hydrogen-bond acceptors (Lipinski definition) is 5. The summed E-state index contributed by atoms with van der Waals surface area (Å²) in [5.41, 5.74) is 11.9. The molecule has 0 aliphatic rings. The van der Waals surface area contributed by atoms with E-state index in [-0.39, 0.29) is 5.92 Å². The summed E-state index contributed by atoms with van der Waals surface area (Å²) in [6, 6.07) is 5.68. The van der Waals surface area contributed by atoms with Crippen molar-refractivity contribution in [2.75, 3.05) is 27.9 Å². The van der Waals surface area contributed by atoms with E-state index in [9.17, 15) is 0 Å². The van der Waals surface area contributed by atoms with E-state index in [1.165, 1.54) is 0 Å². The smallest absolute Gasteiger partial charge is 0.127 e. The fourth-order valence-electron chi connectivity index (χ4n) is 2.17. The van der Waals surface area contributed by atoms with Crippen molar-refractivity contribution >= 4 is 0 Å². The SMILES string of the molecule is COCC(C)C(/C=C(\N)NCc1ccc(OC)cc1OC)=C/[NH3+]. The van der Waals surface area contributed by atoms with E-state index in [0.29, 0.717) is 19.0 Å². The number of allylic oxidation sites excluding steroid dienone is 1. The van der Waals surface area contributed by atoms with Crippen molar-refractivity contribution in [1.29, 1.82) is 0 Å². The monoisotopic (exact) mass is 322 g/mol. The molecule has 0 aliphatic heterocycles. The van der Waals surface area contributed by atoms with E-state index in [0.717, 1.165) is 22.6 Å². The summed E-state index contributed by atoms with van der Waals surface area (Å²) in [6.45, 7) is 3.24. The molecule has 1 aromatic rings. The predicted molar refractivity (Wildman–Crippen MR) is 90.7 cm³/mol. The third-order valence-corrected chi connectivity index (χ3v) is 3.52. The van der Waals surface area contributed by atoms with Gasteiger partial charge in [0.1, 0.15) is 11.5 Å². The van der Waals surface area contributed by atoms with Gasteiger partial charge in [0.05, 0.1) is 32.8 Å². The van der Waals surface area contributed by atoms with Gasteiger partial charge in [0.25, 0.3) is 0 Å². The summed E-state index contributed by atoms with van der Waals surface area (Å²) in [4.78, 5) is 0. The molecule has 0 saturated heterocycles. The number of benzene rings is 1. The maximum absolute atomic E-state index is 6.05. The first-order chi connectivity index (χ1) is 11.0. The van der Waals surface area contributed by atoms with E-state index in [4.69, 9.17) is 19.9 Å². The van der Waals surface area contributed by atoms with Gasteiger partial charge in [-0.1, -0.05) is 6.92 Å². The Kier molecular flexibility index (Phi) is 8.01. The first kappa shape index (κ1) is 18.9. The number of quaternary nitrogens is 1. The molecule has 6 N–H and O–H groups in total. The zero-order chi connectivity index (χ0) is 17.2. The molecule has 0 bridgehead atoms. The largest absolute Gasteiger partial charge is 0.497 e. The maximum atomic E-state index is 6.05. The van der Waals surface area contributed by atoms with E-state index < -0.39 is 0 Å². The van der Waals surface area contributed by atoms with Crippen LogP contribution in [-0.2, 0) is 11.3 Å². The van der Waals surface area contributed by atoms with Crippen LogP contribution >= 0.6 is 0 Å². The second kappa shape index (κ2) is 9.76. The Bertz CT molecular complexity index is 556. The molecule has 0 radical (unpaired) electrons. The lowest BCUT2D eigenvalue weighted by atomic mass is 10.0. The second-order valence-electron chi connectivity index (χ2n) is 5.19. The summed E-state index contributed by atoms with van der Waals surface area (Å²) in [7, 11) is 4.94. The summed E-state index contributed by atoms with van der Waals surface area (Å²) in [6.07, 6.45) is 3.68. The summed E-state index contributed by atoms with van der Waals surface area (Å²) in [5, 5.41) is 3.18. The minimum atomic E-state index is 0.230. The number of ether oxygens (including phenoxy) is 3. The maximum Gasteiger partial charge on any atom is 0.127 e. The molecular weight excluding hydrogens is 294 g/mol. The van der Waals surface area contributed by atoms with Gasteiger partial charge in [-0.15, -0.1) is 0 Å². The second-order valence-corrected chi connectivity index (χ2v) is 5.19. The van der Waals surface area contributed by atoms with Crippen LogP contribution in [0.5, 0.6) is 11.5 Å². The van der Waals surface area contributed by atoms with Crippen molar-refractivity contribution in [2.24, 2.45) is 11.7 Å². The van der Waals surface area contributed by atoms with Crippen molar-refractivity contribution in [2.45, 2.75) is 13.5 Å². The number of nitrogens with two attached hydrogens (primary N) is 1. The van der Waals surface area contributed by atoms with Crippen LogP contribution in [0.3, 0.4) is 0 Å². The molecule has 1 atom stereocenters. The van der Waals surface area contributed by atoms with Gasteiger partial charge in [0.2, 0.25) is 0 Å². The quantitative estimate of drug-likeness (QED) is 0.590. The molecule has 0 saturated carbocycles. The van der Waals surface area contributed by atoms with Gasteiger partial charge < -0.3 is 31.0 Å². The summed E-state index contributed by atoms with van der Waals surface area (Å²) < 4.78 is 15.7. The molecule has 1 aromatic carbocycles. The first-order valence-electron chi connectivity index (χ1n) is 7.45. The molecule has 0 fully saturated rings. The Morgan fingerprint density at radius 1 is 1.30 bits per heavy atom.